The molecule has 0 aromatic heterocycles. The molecule has 92 valence electrons. The summed E-state index contributed by atoms with van der Waals surface area (Å²) in [4.78, 5) is 1.14. The van der Waals surface area contributed by atoms with Crippen molar-refractivity contribution in [1.29, 1.82) is 0 Å². The molecular formula is C14H12O3S. The van der Waals surface area contributed by atoms with Crippen LogP contribution in [0.4, 0.5) is 0 Å². The second-order valence-electron chi connectivity index (χ2n) is 3.87. The summed E-state index contributed by atoms with van der Waals surface area (Å²) in [6, 6.07) is 13.2. The predicted octanol–water partition coefficient (Wildman–Crippen LogP) is 2.80. The van der Waals surface area contributed by atoms with Gasteiger partial charge in [-0.2, -0.15) is 0 Å². The van der Waals surface area contributed by atoms with Gasteiger partial charge >= 0.3 is 0 Å². The molecule has 3 nitrogen and oxygen atoms in total. The molecule has 0 aliphatic carbocycles. The number of hydrogen-bond donors (Lipinski definition) is 2. The molecule has 2 aromatic rings. The Labute approximate surface area is 109 Å². The molecule has 1 N–H and O–H groups in total. The summed E-state index contributed by atoms with van der Waals surface area (Å²) in [5.74, 6) is 1.47. The summed E-state index contributed by atoms with van der Waals surface area (Å²) >= 11 is 1.02. The third-order valence-corrected chi connectivity index (χ3v) is 3.88. The van der Waals surface area contributed by atoms with Crippen LogP contribution in [0.3, 0.4) is 0 Å². The molecule has 2 aromatic carbocycles. The molecule has 1 aliphatic heterocycles. The lowest BCUT2D eigenvalue weighted by Gasteiger charge is -2.07. The van der Waals surface area contributed by atoms with Gasteiger partial charge < -0.3 is 14.6 Å². The summed E-state index contributed by atoms with van der Waals surface area (Å²) in [6.45, 7) is 0. The molecule has 1 heterocycles. The SMILES string of the molecule is COc1ccc(C2=[SH]c3ccccc3O2)cc1O. The van der Waals surface area contributed by atoms with Crippen molar-refractivity contribution < 1.29 is 14.6 Å². The second-order valence-corrected chi connectivity index (χ2v) is 4.98. The van der Waals surface area contributed by atoms with Crippen molar-refractivity contribution in [2.24, 2.45) is 0 Å². The van der Waals surface area contributed by atoms with Gasteiger partial charge in [-0.05, 0) is 30.3 Å². The molecule has 0 fully saturated rings. The van der Waals surface area contributed by atoms with Crippen LogP contribution in [0.5, 0.6) is 17.2 Å². The topological polar surface area (TPSA) is 38.7 Å². The zero-order chi connectivity index (χ0) is 12.5. The van der Waals surface area contributed by atoms with Crippen LogP contribution in [0.25, 0.3) is 0 Å². The van der Waals surface area contributed by atoms with E-state index in [1.165, 1.54) is 7.11 Å². The maximum Gasteiger partial charge on any atom is 0.160 e. The van der Waals surface area contributed by atoms with Crippen LogP contribution in [-0.2, 0) is 0 Å². The van der Waals surface area contributed by atoms with Crippen LogP contribution in [0, 0.1) is 0 Å². The van der Waals surface area contributed by atoms with Gasteiger partial charge in [-0.25, -0.2) is 0 Å². The predicted molar refractivity (Wildman–Crippen MR) is 73.1 cm³/mol. The quantitative estimate of drug-likeness (QED) is 0.644. The van der Waals surface area contributed by atoms with E-state index in [-0.39, 0.29) is 5.75 Å². The lowest BCUT2D eigenvalue weighted by Crippen LogP contribution is -2.04. The average molecular weight is 260 g/mol. The van der Waals surface area contributed by atoms with E-state index in [4.69, 9.17) is 9.47 Å². The fourth-order valence-corrected chi connectivity index (χ4v) is 2.84. The standard InChI is InChI=1S/C14H12O3S/c1-16-11-7-6-9(8-10(11)15)14-17-12-4-2-3-5-13(12)18-14/h2-8,15,18H,1H3. The molecule has 0 amide bonds. The summed E-state index contributed by atoms with van der Waals surface area (Å²) in [5.41, 5.74) is 0.867. The Kier molecular flexibility index (Phi) is 2.72. The molecule has 0 atom stereocenters. The van der Waals surface area contributed by atoms with Gasteiger partial charge in [-0.1, -0.05) is 12.1 Å². The van der Waals surface area contributed by atoms with Crippen LogP contribution in [0.15, 0.2) is 47.4 Å². The summed E-state index contributed by atoms with van der Waals surface area (Å²) in [7, 11) is 1.53. The van der Waals surface area contributed by atoms with Gasteiger partial charge in [0.15, 0.2) is 16.5 Å². The fraction of sp³-hybridized carbons (Fsp3) is 0.0714. The van der Waals surface area contributed by atoms with Crippen LogP contribution < -0.4 is 9.47 Å². The normalized spacial score (nSPS) is 13.1. The van der Waals surface area contributed by atoms with Gasteiger partial charge in [0.2, 0.25) is 0 Å². The Morgan fingerprint density at radius 1 is 1.17 bits per heavy atom. The number of rotatable bonds is 2. The van der Waals surface area contributed by atoms with E-state index in [2.05, 4.69) is 0 Å². The molecular weight excluding hydrogens is 248 g/mol. The van der Waals surface area contributed by atoms with Crippen molar-refractivity contribution in [3.05, 3.63) is 48.0 Å². The molecule has 3 rings (SSSR count). The molecule has 0 saturated heterocycles. The lowest BCUT2D eigenvalue weighted by molar-refractivity contribution is 0.373. The van der Waals surface area contributed by atoms with Crippen molar-refractivity contribution >= 4 is 16.4 Å². The van der Waals surface area contributed by atoms with Crippen molar-refractivity contribution in [2.75, 3.05) is 7.11 Å². The smallest absolute Gasteiger partial charge is 0.160 e. The Balaban J connectivity index is 1.97. The minimum absolute atomic E-state index is 0.122. The number of aromatic hydroxyl groups is 1. The van der Waals surface area contributed by atoms with Crippen LogP contribution in [0.2, 0.25) is 0 Å². The number of ether oxygens (including phenoxy) is 2. The first kappa shape index (κ1) is 11.2. The highest BCUT2D eigenvalue weighted by molar-refractivity contribution is 7.99. The van der Waals surface area contributed by atoms with E-state index >= 15 is 0 Å². The molecule has 0 saturated carbocycles. The van der Waals surface area contributed by atoms with Gasteiger partial charge in [0, 0.05) is 10.5 Å². The van der Waals surface area contributed by atoms with E-state index in [1.807, 2.05) is 30.3 Å². The van der Waals surface area contributed by atoms with Gasteiger partial charge in [0.1, 0.15) is 5.75 Å². The maximum absolute atomic E-state index is 9.77. The van der Waals surface area contributed by atoms with E-state index in [9.17, 15) is 5.11 Å². The summed E-state index contributed by atoms with van der Waals surface area (Å²) < 4.78 is 10.8. The highest BCUT2D eigenvalue weighted by Gasteiger charge is 2.16. The number of benzene rings is 2. The average Bonchev–Trinajstić information content (AvgIpc) is 2.82. The largest absolute Gasteiger partial charge is 0.504 e. The Bertz CT molecular complexity index is 635. The number of thiol groups is 1. The molecule has 1 aliphatic rings. The van der Waals surface area contributed by atoms with Crippen LogP contribution in [-0.4, -0.2) is 17.3 Å². The minimum Gasteiger partial charge on any atom is -0.504 e. The maximum atomic E-state index is 9.77. The molecule has 0 unspecified atom stereocenters. The third-order valence-electron chi connectivity index (χ3n) is 2.72. The highest BCUT2D eigenvalue weighted by atomic mass is 32.1. The van der Waals surface area contributed by atoms with Gasteiger partial charge in [-0.15, -0.1) is 11.4 Å². The van der Waals surface area contributed by atoms with Gasteiger partial charge in [0.05, 0.1) is 7.11 Å². The van der Waals surface area contributed by atoms with Gasteiger partial charge in [-0.3, -0.25) is 0 Å². The minimum atomic E-state index is 0.122. The number of fused-ring (bicyclic) bond motifs is 1. The van der Waals surface area contributed by atoms with Crippen LogP contribution >= 0.6 is 11.4 Å². The van der Waals surface area contributed by atoms with E-state index in [0.717, 1.165) is 32.6 Å². The summed E-state index contributed by atoms with van der Waals surface area (Å²) in [5, 5.41) is 10.6. The lowest BCUT2D eigenvalue weighted by atomic mass is 10.2. The van der Waals surface area contributed by atoms with Crippen molar-refractivity contribution in [3.63, 3.8) is 0 Å². The van der Waals surface area contributed by atoms with Gasteiger partial charge in [0.25, 0.3) is 0 Å². The monoisotopic (exact) mass is 260 g/mol. The highest BCUT2D eigenvalue weighted by Crippen LogP contribution is 2.35. The van der Waals surface area contributed by atoms with E-state index in [0.29, 0.717) is 5.75 Å². The first-order valence-electron chi connectivity index (χ1n) is 5.51. The zero-order valence-corrected chi connectivity index (χ0v) is 10.6. The number of phenolic OH excluding ortho intramolecular Hbond substituents is 1. The number of methoxy groups -OCH3 is 1. The Morgan fingerprint density at radius 3 is 2.72 bits per heavy atom. The third kappa shape index (κ3) is 1.84. The van der Waals surface area contributed by atoms with Crippen molar-refractivity contribution in [1.82, 2.24) is 0 Å². The van der Waals surface area contributed by atoms with Crippen molar-refractivity contribution in [2.45, 2.75) is 4.90 Å². The molecule has 4 heteroatoms. The van der Waals surface area contributed by atoms with Crippen molar-refractivity contribution in [3.8, 4) is 17.2 Å². The zero-order valence-electron chi connectivity index (χ0n) is 9.75. The first-order valence-corrected chi connectivity index (χ1v) is 6.40. The number of phenols is 1. The van der Waals surface area contributed by atoms with E-state index < -0.39 is 0 Å². The molecule has 18 heavy (non-hydrogen) atoms. The van der Waals surface area contributed by atoms with Crippen LogP contribution in [0.1, 0.15) is 5.56 Å². The fourth-order valence-electron chi connectivity index (χ4n) is 1.82. The second kappa shape index (κ2) is 4.38. The molecule has 0 spiro atoms. The molecule has 0 radical (unpaired) electrons. The number of hydrogen-bond acceptors (Lipinski definition) is 3. The Morgan fingerprint density at radius 2 is 2.00 bits per heavy atom. The summed E-state index contributed by atoms with van der Waals surface area (Å²) in [6.07, 6.45) is 0. The molecule has 0 bridgehead atoms. The number of para-hydroxylation sites is 1. The Hall–Kier alpha value is -1.94. The first-order chi connectivity index (χ1) is 8.78. The van der Waals surface area contributed by atoms with E-state index in [1.54, 1.807) is 12.1 Å².